The van der Waals surface area contributed by atoms with Gasteiger partial charge in [-0.1, -0.05) is 6.42 Å². The van der Waals surface area contributed by atoms with Crippen molar-refractivity contribution in [3.05, 3.63) is 0 Å². The number of carbonyl (C=O) groups excluding carboxylic acids is 1. The lowest BCUT2D eigenvalue weighted by atomic mass is 9.95. The molecular weight excluding hydrogens is 224 g/mol. The Morgan fingerprint density at radius 1 is 1.41 bits per heavy atom. The summed E-state index contributed by atoms with van der Waals surface area (Å²) in [5, 5.41) is 20.1. The maximum absolute atomic E-state index is 11.8. The first kappa shape index (κ1) is 13.9. The predicted molar refractivity (Wildman–Crippen MR) is 61.2 cm³/mol. The van der Waals surface area contributed by atoms with Crippen LogP contribution >= 0.6 is 0 Å². The number of carboxylic acids is 1. The minimum Gasteiger partial charge on any atom is -0.479 e. The second kappa shape index (κ2) is 6.56. The van der Waals surface area contributed by atoms with E-state index in [0.29, 0.717) is 6.54 Å². The molecule has 0 aromatic heterocycles. The minimum atomic E-state index is -1.41. The van der Waals surface area contributed by atoms with E-state index in [1.165, 1.54) is 0 Å². The Hall–Kier alpha value is -1.14. The van der Waals surface area contributed by atoms with Crippen LogP contribution in [0.15, 0.2) is 0 Å². The Kier molecular flexibility index (Phi) is 5.37. The largest absolute Gasteiger partial charge is 0.479 e. The van der Waals surface area contributed by atoms with Gasteiger partial charge in [0.2, 0.25) is 5.91 Å². The Balaban J connectivity index is 2.27. The predicted octanol–water partition coefficient (Wildman–Crippen LogP) is -0.687. The van der Waals surface area contributed by atoms with Crippen molar-refractivity contribution >= 4 is 11.9 Å². The summed E-state index contributed by atoms with van der Waals surface area (Å²) < 4.78 is 0. The Labute approximate surface area is 100 Å². The van der Waals surface area contributed by atoms with E-state index < -0.39 is 12.1 Å². The molecule has 3 atom stereocenters. The molecule has 5 N–H and O–H groups in total. The summed E-state index contributed by atoms with van der Waals surface area (Å²) in [6.45, 7) is 0.690. The standard InChI is InChI=1S/C11H20N2O4/c12-6-7-2-1-3-8(7)10(15)13-5-4-9(14)11(16)17/h7-9,14H,1-6,12H2,(H,13,15)(H,16,17). The van der Waals surface area contributed by atoms with Crippen LogP contribution in [-0.4, -0.2) is 41.3 Å². The van der Waals surface area contributed by atoms with Crippen molar-refractivity contribution in [3.63, 3.8) is 0 Å². The van der Waals surface area contributed by atoms with Gasteiger partial charge in [-0.15, -0.1) is 0 Å². The highest BCUT2D eigenvalue weighted by Gasteiger charge is 2.31. The fourth-order valence-corrected chi connectivity index (χ4v) is 2.25. The van der Waals surface area contributed by atoms with Gasteiger partial charge in [-0.05, 0) is 25.3 Å². The van der Waals surface area contributed by atoms with Gasteiger partial charge >= 0.3 is 5.97 Å². The molecule has 0 saturated heterocycles. The number of aliphatic carboxylic acids is 1. The van der Waals surface area contributed by atoms with Gasteiger partial charge in [0.1, 0.15) is 0 Å². The molecule has 0 heterocycles. The van der Waals surface area contributed by atoms with Crippen molar-refractivity contribution in [1.29, 1.82) is 0 Å². The molecule has 3 unspecified atom stereocenters. The van der Waals surface area contributed by atoms with Gasteiger partial charge in [0.15, 0.2) is 6.10 Å². The Morgan fingerprint density at radius 2 is 2.12 bits per heavy atom. The highest BCUT2D eigenvalue weighted by molar-refractivity contribution is 5.79. The number of carboxylic acid groups (broad SMARTS) is 1. The molecule has 0 radical (unpaired) electrons. The van der Waals surface area contributed by atoms with Crippen LogP contribution in [0.4, 0.5) is 0 Å². The van der Waals surface area contributed by atoms with Crippen LogP contribution < -0.4 is 11.1 Å². The number of aliphatic hydroxyl groups excluding tert-OH is 1. The number of nitrogens with one attached hydrogen (secondary N) is 1. The van der Waals surface area contributed by atoms with Gasteiger partial charge < -0.3 is 21.3 Å². The molecule has 6 heteroatoms. The van der Waals surface area contributed by atoms with Crippen LogP contribution in [0.2, 0.25) is 0 Å². The van der Waals surface area contributed by atoms with Gasteiger partial charge in [0, 0.05) is 18.9 Å². The van der Waals surface area contributed by atoms with Crippen LogP contribution in [0.3, 0.4) is 0 Å². The number of carbonyl (C=O) groups is 2. The lowest BCUT2D eigenvalue weighted by Crippen LogP contribution is -2.37. The van der Waals surface area contributed by atoms with E-state index in [0.717, 1.165) is 19.3 Å². The summed E-state index contributed by atoms with van der Waals surface area (Å²) in [7, 11) is 0. The summed E-state index contributed by atoms with van der Waals surface area (Å²) in [5.74, 6) is -1.16. The third kappa shape index (κ3) is 3.98. The second-order valence-corrected chi connectivity index (χ2v) is 4.47. The number of hydrogen-bond donors (Lipinski definition) is 4. The van der Waals surface area contributed by atoms with Crippen LogP contribution in [-0.2, 0) is 9.59 Å². The molecular formula is C11H20N2O4. The van der Waals surface area contributed by atoms with E-state index in [4.69, 9.17) is 15.9 Å². The van der Waals surface area contributed by atoms with E-state index in [9.17, 15) is 9.59 Å². The molecule has 1 rings (SSSR count). The molecule has 1 saturated carbocycles. The van der Waals surface area contributed by atoms with Crippen molar-refractivity contribution in [2.45, 2.75) is 31.8 Å². The summed E-state index contributed by atoms with van der Waals surface area (Å²) >= 11 is 0. The maximum Gasteiger partial charge on any atom is 0.332 e. The number of amides is 1. The zero-order valence-corrected chi connectivity index (χ0v) is 9.76. The van der Waals surface area contributed by atoms with Gasteiger partial charge in [-0.3, -0.25) is 4.79 Å². The number of aliphatic hydroxyl groups is 1. The van der Waals surface area contributed by atoms with E-state index in [2.05, 4.69) is 5.32 Å². The number of rotatable bonds is 6. The first-order valence-corrected chi connectivity index (χ1v) is 5.95. The minimum absolute atomic E-state index is 0.0289. The SMILES string of the molecule is NCC1CCCC1C(=O)NCCC(O)C(=O)O. The maximum atomic E-state index is 11.8. The Morgan fingerprint density at radius 3 is 2.71 bits per heavy atom. The van der Waals surface area contributed by atoms with Crippen molar-refractivity contribution in [2.75, 3.05) is 13.1 Å². The first-order chi connectivity index (χ1) is 8.06. The van der Waals surface area contributed by atoms with Gasteiger partial charge in [0.05, 0.1) is 0 Å². The highest BCUT2D eigenvalue weighted by Crippen LogP contribution is 2.30. The highest BCUT2D eigenvalue weighted by atomic mass is 16.4. The first-order valence-electron chi connectivity index (χ1n) is 5.95. The van der Waals surface area contributed by atoms with Gasteiger partial charge in [-0.2, -0.15) is 0 Å². The van der Waals surface area contributed by atoms with Crippen LogP contribution in [0.25, 0.3) is 0 Å². The summed E-state index contributed by atoms with van der Waals surface area (Å²) in [4.78, 5) is 22.1. The fourth-order valence-electron chi connectivity index (χ4n) is 2.25. The van der Waals surface area contributed by atoms with E-state index >= 15 is 0 Å². The monoisotopic (exact) mass is 244 g/mol. The van der Waals surface area contributed by atoms with E-state index in [1.54, 1.807) is 0 Å². The lowest BCUT2D eigenvalue weighted by Gasteiger charge is -2.17. The normalized spacial score (nSPS) is 25.5. The fraction of sp³-hybridized carbons (Fsp3) is 0.818. The molecule has 98 valence electrons. The van der Waals surface area contributed by atoms with Crippen LogP contribution in [0, 0.1) is 11.8 Å². The summed E-state index contributed by atoms with van der Waals surface area (Å²) in [5.41, 5.74) is 5.58. The zero-order chi connectivity index (χ0) is 12.8. The lowest BCUT2D eigenvalue weighted by molar-refractivity contribution is -0.147. The quantitative estimate of drug-likeness (QED) is 0.494. The molecule has 17 heavy (non-hydrogen) atoms. The van der Waals surface area contributed by atoms with Crippen molar-refractivity contribution in [2.24, 2.45) is 17.6 Å². The topological polar surface area (TPSA) is 113 Å². The third-order valence-corrected chi connectivity index (χ3v) is 3.30. The smallest absolute Gasteiger partial charge is 0.332 e. The molecule has 6 nitrogen and oxygen atoms in total. The zero-order valence-electron chi connectivity index (χ0n) is 9.76. The molecule has 1 aliphatic carbocycles. The summed E-state index contributed by atoms with van der Waals surface area (Å²) in [6.07, 6.45) is 1.45. The van der Waals surface area contributed by atoms with Crippen molar-refractivity contribution in [1.82, 2.24) is 5.32 Å². The third-order valence-electron chi connectivity index (χ3n) is 3.30. The van der Waals surface area contributed by atoms with E-state index in [-0.39, 0.29) is 30.7 Å². The average Bonchev–Trinajstić information content (AvgIpc) is 2.76. The van der Waals surface area contributed by atoms with Crippen molar-refractivity contribution < 1.29 is 19.8 Å². The number of nitrogens with two attached hydrogens (primary N) is 1. The molecule has 1 aliphatic rings. The summed E-state index contributed by atoms with van der Waals surface area (Å²) in [6, 6.07) is 0. The molecule has 0 bridgehead atoms. The Bertz CT molecular complexity index is 283. The average molecular weight is 244 g/mol. The molecule has 1 fully saturated rings. The van der Waals surface area contributed by atoms with Gasteiger partial charge in [0.25, 0.3) is 0 Å². The molecule has 0 aromatic rings. The van der Waals surface area contributed by atoms with Crippen molar-refractivity contribution in [3.8, 4) is 0 Å². The van der Waals surface area contributed by atoms with Gasteiger partial charge in [-0.25, -0.2) is 4.79 Å². The van der Waals surface area contributed by atoms with E-state index in [1.807, 2.05) is 0 Å². The molecule has 0 spiro atoms. The molecule has 0 aromatic carbocycles. The van der Waals surface area contributed by atoms with Crippen LogP contribution in [0.5, 0.6) is 0 Å². The molecule has 0 aliphatic heterocycles. The molecule has 1 amide bonds. The second-order valence-electron chi connectivity index (χ2n) is 4.47. The van der Waals surface area contributed by atoms with Crippen LogP contribution in [0.1, 0.15) is 25.7 Å². The number of hydrogen-bond acceptors (Lipinski definition) is 4.